The summed E-state index contributed by atoms with van der Waals surface area (Å²) in [4.78, 5) is 12.5. The zero-order chi connectivity index (χ0) is 10.2. The molecule has 1 aromatic rings. The van der Waals surface area contributed by atoms with Crippen molar-refractivity contribution in [3.8, 4) is 0 Å². The number of carbonyl (C=O) groups excluding carboxylic acids is 1. The molecule has 0 aliphatic carbocycles. The van der Waals surface area contributed by atoms with E-state index in [-0.39, 0.29) is 5.91 Å². The molecule has 0 bridgehead atoms. The van der Waals surface area contributed by atoms with Crippen molar-refractivity contribution in [3.63, 3.8) is 0 Å². The van der Waals surface area contributed by atoms with Crippen molar-refractivity contribution >= 4 is 5.91 Å². The molecular weight excluding hydrogens is 174 g/mol. The minimum Gasteiger partial charge on any atom is -0.343 e. The van der Waals surface area contributed by atoms with E-state index in [0.717, 1.165) is 13.1 Å². The predicted molar refractivity (Wildman–Crippen MR) is 57.9 cm³/mol. The Morgan fingerprint density at radius 1 is 0.929 bits per heavy atom. The summed E-state index contributed by atoms with van der Waals surface area (Å²) in [5, 5.41) is 0. The lowest BCUT2D eigenvalue weighted by molar-refractivity contribution is -0.127. The van der Waals surface area contributed by atoms with Crippen molar-refractivity contribution < 1.29 is 4.79 Å². The summed E-state index contributed by atoms with van der Waals surface area (Å²) >= 11 is 0. The van der Waals surface area contributed by atoms with Gasteiger partial charge in [-0.05, 0) is 12.8 Å². The molecule has 2 heteroatoms. The highest BCUT2D eigenvalue weighted by Crippen LogP contribution is 2.06. The van der Waals surface area contributed by atoms with Gasteiger partial charge >= 0.3 is 0 Å². The van der Waals surface area contributed by atoms with Gasteiger partial charge in [0, 0.05) is 20.0 Å². The largest absolute Gasteiger partial charge is 0.343 e. The first-order chi connectivity index (χ1) is 6.80. The number of carbonyl (C=O) groups is 1. The second-order valence-electron chi connectivity index (χ2n) is 3.37. The van der Waals surface area contributed by atoms with E-state index in [9.17, 15) is 4.79 Å². The van der Waals surface area contributed by atoms with Crippen molar-refractivity contribution in [3.05, 3.63) is 36.4 Å². The van der Waals surface area contributed by atoms with E-state index in [4.69, 9.17) is 0 Å². The van der Waals surface area contributed by atoms with Gasteiger partial charge < -0.3 is 4.90 Å². The van der Waals surface area contributed by atoms with Gasteiger partial charge in [-0.2, -0.15) is 0 Å². The molecule has 1 aromatic carbocycles. The molecule has 0 spiro atoms. The topological polar surface area (TPSA) is 20.3 Å². The second-order valence-corrected chi connectivity index (χ2v) is 3.37. The van der Waals surface area contributed by atoms with E-state index >= 15 is 0 Å². The Labute approximate surface area is 85.5 Å². The molecule has 76 valence electrons. The van der Waals surface area contributed by atoms with Crippen LogP contribution >= 0.6 is 0 Å². The summed E-state index contributed by atoms with van der Waals surface area (Å²) in [6.45, 7) is 3.59. The lowest BCUT2D eigenvalue weighted by Gasteiger charge is -2.10. The first kappa shape index (κ1) is 10.8. The highest BCUT2D eigenvalue weighted by molar-refractivity contribution is 5.73. The molecule has 1 fully saturated rings. The number of benzene rings is 1. The Hall–Kier alpha value is -1.31. The van der Waals surface area contributed by atoms with Crippen LogP contribution in [-0.2, 0) is 4.79 Å². The number of nitrogens with zero attached hydrogens (tertiary/aromatic N) is 1. The molecule has 0 aromatic heterocycles. The van der Waals surface area contributed by atoms with Crippen molar-refractivity contribution in [2.75, 3.05) is 13.1 Å². The van der Waals surface area contributed by atoms with Crippen LogP contribution in [-0.4, -0.2) is 23.9 Å². The van der Waals surface area contributed by atoms with Crippen molar-refractivity contribution in [2.45, 2.75) is 19.8 Å². The molecule has 0 radical (unpaired) electrons. The van der Waals surface area contributed by atoms with Crippen LogP contribution in [0.3, 0.4) is 0 Å². The highest BCUT2D eigenvalue weighted by Gasteiger charge is 2.12. The molecule has 2 rings (SSSR count). The van der Waals surface area contributed by atoms with Gasteiger partial charge in [0.25, 0.3) is 0 Å². The van der Waals surface area contributed by atoms with Crippen LogP contribution in [0.25, 0.3) is 0 Å². The van der Waals surface area contributed by atoms with E-state index in [1.807, 2.05) is 41.3 Å². The molecule has 0 saturated carbocycles. The van der Waals surface area contributed by atoms with Gasteiger partial charge in [0.2, 0.25) is 5.91 Å². The van der Waals surface area contributed by atoms with Gasteiger partial charge in [-0.15, -0.1) is 0 Å². The molecule has 1 aliphatic rings. The summed E-state index contributed by atoms with van der Waals surface area (Å²) < 4.78 is 0. The average Bonchev–Trinajstić information content (AvgIpc) is 2.74. The lowest BCUT2D eigenvalue weighted by atomic mass is 10.4. The predicted octanol–water partition coefficient (Wildman–Crippen LogP) is 2.32. The van der Waals surface area contributed by atoms with E-state index in [1.165, 1.54) is 12.8 Å². The van der Waals surface area contributed by atoms with Crippen LogP contribution in [0.15, 0.2) is 36.4 Å². The molecule has 0 atom stereocenters. The van der Waals surface area contributed by atoms with Gasteiger partial charge in [-0.1, -0.05) is 36.4 Å². The van der Waals surface area contributed by atoms with Crippen LogP contribution in [0.2, 0.25) is 0 Å². The first-order valence-electron chi connectivity index (χ1n) is 5.06. The van der Waals surface area contributed by atoms with Crippen LogP contribution in [0, 0.1) is 0 Å². The van der Waals surface area contributed by atoms with Gasteiger partial charge in [0.1, 0.15) is 0 Å². The zero-order valence-electron chi connectivity index (χ0n) is 8.65. The van der Waals surface area contributed by atoms with Crippen LogP contribution in [0.1, 0.15) is 19.8 Å². The summed E-state index contributed by atoms with van der Waals surface area (Å²) in [7, 11) is 0. The molecule has 1 heterocycles. The monoisotopic (exact) mass is 191 g/mol. The van der Waals surface area contributed by atoms with Crippen molar-refractivity contribution in [2.24, 2.45) is 0 Å². The first-order valence-corrected chi connectivity index (χ1v) is 5.06. The van der Waals surface area contributed by atoms with Crippen LogP contribution < -0.4 is 0 Å². The molecule has 1 saturated heterocycles. The minimum absolute atomic E-state index is 0.225. The number of hydrogen-bond donors (Lipinski definition) is 0. The van der Waals surface area contributed by atoms with E-state index in [0.29, 0.717) is 0 Å². The Morgan fingerprint density at radius 3 is 1.50 bits per heavy atom. The second kappa shape index (κ2) is 6.19. The summed E-state index contributed by atoms with van der Waals surface area (Å²) in [5.74, 6) is 0.225. The number of amides is 1. The van der Waals surface area contributed by atoms with Crippen LogP contribution in [0.5, 0.6) is 0 Å². The standard InChI is InChI=1S/C6H11NO.C6H6/c1-6(8)7-4-2-3-5-7;1-2-4-6-5-3-1/h2-5H2,1H3;1-6H. The maximum absolute atomic E-state index is 10.6. The van der Waals surface area contributed by atoms with Crippen LogP contribution in [0.4, 0.5) is 0 Å². The molecule has 2 nitrogen and oxygen atoms in total. The summed E-state index contributed by atoms with van der Waals surface area (Å²) in [6, 6.07) is 12.0. The summed E-state index contributed by atoms with van der Waals surface area (Å²) in [6.07, 6.45) is 2.39. The normalized spacial score (nSPS) is 14.5. The van der Waals surface area contributed by atoms with Crippen molar-refractivity contribution in [1.82, 2.24) is 4.90 Å². The third-order valence-electron chi connectivity index (χ3n) is 2.22. The molecule has 1 aliphatic heterocycles. The SMILES string of the molecule is CC(=O)N1CCCC1.c1ccccc1. The molecule has 14 heavy (non-hydrogen) atoms. The fraction of sp³-hybridized carbons (Fsp3) is 0.417. The third-order valence-corrected chi connectivity index (χ3v) is 2.22. The maximum Gasteiger partial charge on any atom is 0.219 e. The number of hydrogen-bond acceptors (Lipinski definition) is 1. The van der Waals surface area contributed by atoms with Gasteiger partial charge in [-0.3, -0.25) is 4.79 Å². The van der Waals surface area contributed by atoms with E-state index in [1.54, 1.807) is 6.92 Å². The Balaban J connectivity index is 0.000000146. The lowest BCUT2D eigenvalue weighted by Crippen LogP contribution is -2.24. The van der Waals surface area contributed by atoms with Crippen molar-refractivity contribution in [1.29, 1.82) is 0 Å². The molecule has 0 N–H and O–H groups in total. The highest BCUT2D eigenvalue weighted by atomic mass is 16.2. The molecule has 0 unspecified atom stereocenters. The fourth-order valence-electron chi connectivity index (χ4n) is 1.42. The van der Waals surface area contributed by atoms with E-state index in [2.05, 4.69) is 0 Å². The Kier molecular flexibility index (Phi) is 4.76. The van der Waals surface area contributed by atoms with Gasteiger partial charge in [-0.25, -0.2) is 0 Å². The number of rotatable bonds is 0. The quantitative estimate of drug-likeness (QED) is 0.616. The summed E-state index contributed by atoms with van der Waals surface area (Å²) in [5.41, 5.74) is 0. The maximum atomic E-state index is 10.6. The van der Waals surface area contributed by atoms with E-state index < -0.39 is 0 Å². The van der Waals surface area contributed by atoms with Gasteiger partial charge in [0.05, 0.1) is 0 Å². The third kappa shape index (κ3) is 4.08. The smallest absolute Gasteiger partial charge is 0.219 e. The zero-order valence-corrected chi connectivity index (χ0v) is 8.65. The fourth-order valence-corrected chi connectivity index (χ4v) is 1.42. The Morgan fingerprint density at radius 2 is 1.29 bits per heavy atom. The molecule has 1 amide bonds. The Bertz CT molecular complexity index is 226. The average molecular weight is 191 g/mol. The number of likely N-dealkylation sites (tertiary alicyclic amines) is 1. The van der Waals surface area contributed by atoms with Gasteiger partial charge in [0.15, 0.2) is 0 Å². The molecular formula is C12H17NO. The minimum atomic E-state index is 0.225.